The van der Waals surface area contributed by atoms with Gasteiger partial charge in [0.1, 0.15) is 12.7 Å². The molecule has 1 aliphatic rings. The van der Waals surface area contributed by atoms with Crippen LogP contribution in [0.1, 0.15) is 37.1 Å². The molecule has 1 aliphatic heterocycles. The van der Waals surface area contributed by atoms with Crippen LogP contribution in [0.2, 0.25) is 0 Å². The number of ether oxygens (including phenoxy) is 1. The van der Waals surface area contributed by atoms with Crippen LogP contribution in [-0.2, 0) is 21.9 Å². The lowest BCUT2D eigenvalue weighted by Crippen LogP contribution is -2.49. The van der Waals surface area contributed by atoms with Crippen LogP contribution in [0.5, 0.6) is 0 Å². The number of tetrazole rings is 1. The maximum Gasteiger partial charge on any atom is 0.302 e. The highest BCUT2D eigenvalue weighted by Gasteiger charge is 2.39. The first-order chi connectivity index (χ1) is 15.0. The predicted molar refractivity (Wildman–Crippen MR) is 108 cm³/mol. The molecule has 10 heteroatoms. The molecule has 2 heterocycles. The van der Waals surface area contributed by atoms with Gasteiger partial charge in [0.05, 0.1) is 12.6 Å². The molecule has 1 aromatic heterocycles. The molecule has 1 saturated heterocycles. The van der Waals surface area contributed by atoms with Crippen LogP contribution in [-0.4, -0.2) is 68.4 Å². The number of aryl methyl sites for hydroxylation is 1. The minimum Gasteiger partial charge on any atom is -0.382 e. The number of H-pyrrole nitrogens is 1. The van der Waals surface area contributed by atoms with Gasteiger partial charge in [0.15, 0.2) is 5.82 Å². The molecule has 168 valence electrons. The number of aromatic amines is 1. The van der Waals surface area contributed by atoms with Crippen LogP contribution < -0.4 is 0 Å². The van der Waals surface area contributed by atoms with E-state index in [1.165, 1.54) is 30.3 Å². The van der Waals surface area contributed by atoms with Crippen molar-refractivity contribution in [2.24, 2.45) is 0 Å². The maximum absolute atomic E-state index is 14.5. The summed E-state index contributed by atoms with van der Waals surface area (Å²) in [4.78, 5) is 13.9. The zero-order valence-corrected chi connectivity index (χ0v) is 17.2. The number of halogens is 2. The molecule has 3 rings (SSSR count). The number of carbonyl (C=O) groups excluding carboxylic acids is 1. The van der Waals surface area contributed by atoms with E-state index in [4.69, 9.17) is 4.74 Å². The zero-order valence-electron chi connectivity index (χ0n) is 17.2. The Morgan fingerprint density at radius 2 is 2.03 bits per heavy atom. The van der Waals surface area contributed by atoms with Crippen molar-refractivity contribution in [1.82, 2.24) is 25.5 Å². The van der Waals surface area contributed by atoms with Crippen molar-refractivity contribution in [3.63, 3.8) is 0 Å². The first kappa shape index (κ1) is 23.0. The molecule has 0 aliphatic carbocycles. The molecule has 1 amide bonds. The summed E-state index contributed by atoms with van der Waals surface area (Å²) in [6.45, 7) is 0.694. The fourth-order valence-corrected chi connectivity index (χ4v) is 3.47. The van der Waals surface area contributed by atoms with Crippen molar-refractivity contribution in [3.05, 3.63) is 53.9 Å². The molecule has 8 nitrogen and oxygen atoms in total. The zero-order chi connectivity index (χ0) is 22.1. The molecule has 2 atom stereocenters. The number of carbonyl (C=O) groups is 1. The van der Waals surface area contributed by atoms with Gasteiger partial charge in [0.25, 0.3) is 0 Å². The van der Waals surface area contributed by atoms with E-state index in [1.807, 2.05) is 0 Å². The molecular formula is C21H27F2N5O3. The van der Waals surface area contributed by atoms with Crippen LogP contribution in [0, 0.1) is 0 Å². The molecule has 1 aromatic carbocycles. The number of benzene rings is 1. The number of aliphatic hydroxyl groups is 1. The van der Waals surface area contributed by atoms with Crippen LogP contribution in [0.15, 0.2) is 42.5 Å². The topological polar surface area (TPSA) is 104 Å². The summed E-state index contributed by atoms with van der Waals surface area (Å²) in [7, 11) is 0. The monoisotopic (exact) mass is 435 g/mol. The number of unbranched alkanes of at least 4 members (excludes halogenated alkanes) is 3. The summed E-state index contributed by atoms with van der Waals surface area (Å²) in [6.07, 6.45) is 4.80. The summed E-state index contributed by atoms with van der Waals surface area (Å²) < 4.78 is 34.2. The molecule has 2 N–H and O–H groups in total. The number of alkyl halides is 2. The van der Waals surface area contributed by atoms with Gasteiger partial charge in [-0.2, -0.15) is 14.0 Å². The van der Waals surface area contributed by atoms with Gasteiger partial charge in [-0.1, -0.05) is 60.5 Å². The third-order valence-electron chi connectivity index (χ3n) is 5.22. The number of nitrogens with one attached hydrogen (secondary N) is 1. The van der Waals surface area contributed by atoms with E-state index in [-0.39, 0.29) is 24.7 Å². The van der Waals surface area contributed by atoms with Crippen molar-refractivity contribution in [3.8, 4) is 0 Å². The number of hydrogen-bond acceptors (Lipinski definition) is 6. The average molecular weight is 435 g/mol. The molecule has 31 heavy (non-hydrogen) atoms. The fourth-order valence-electron chi connectivity index (χ4n) is 3.47. The van der Waals surface area contributed by atoms with Gasteiger partial charge in [-0.05, 0) is 12.8 Å². The number of amides is 1. The Bertz CT molecular complexity index is 833. The van der Waals surface area contributed by atoms with Crippen molar-refractivity contribution >= 4 is 5.91 Å². The molecule has 0 radical (unpaired) electrons. The van der Waals surface area contributed by atoms with Crippen molar-refractivity contribution in [2.45, 2.75) is 50.2 Å². The SMILES string of the molecule is O=C1COC[C@H](C=C[C@@H](O)C(F)(F)c2ccccc2)N1CCCCCCc1nn[nH]n1. The molecule has 0 spiro atoms. The maximum atomic E-state index is 14.5. The first-order valence-electron chi connectivity index (χ1n) is 10.4. The van der Waals surface area contributed by atoms with E-state index in [2.05, 4.69) is 20.6 Å². The number of morpholine rings is 1. The third-order valence-corrected chi connectivity index (χ3v) is 5.22. The third kappa shape index (κ3) is 6.38. The summed E-state index contributed by atoms with van der Waals surface area (Å²) in [6, 6.07) is 6.69. The Balaban J connectivity index is 1.49. The minimum absolute atomic E-state index is 0.0229. The molecule has 0 saturated carbocycles. The van der Waals surface area contributed by atoms with Crippen LogP contribution in [0.3, 0.4) is 0 Å². The van der Waals surface area contributed by atoms with Gasteiger partial charge < -0.3 is 14.7 Å². The minimum atomic E-state index is -3.43. The molecule has 0 unspecified atom stereocenters. The van der Waals surface area contributed by atoms with E-state index in [0.717, 1.165) is 38.2 Å². The van der Waals surface area contributed by atoms with E-state index < -0.39 is 18.1 Å². The Morgan fingerprint density at radius 1 is 1.26 bits per heavy atom. The summed E-state index contributed by atoms with van der Waals surface area (Å²) in [5, 5.41) is 23.8. The number of nitrogens with zero attached hydrogens (tertiary/aromatic N) is 4. The highest BCUT2D eigenvalue weighted by atomic mass is 19.3. The number of aliphatic hydroxyl groups excluding tert-OH is 1. The van der Waals surface area contributed by atoms with Gasteiger partial charge in [0, 0.05) is 18.5 Å². The van der Waals surface area contributed by atoms with Gasteiger partial charge in [-0.25, -0.2) is 0 Å². The van der Waals surface area contributed by atoms with Crippen molar-refractivity contribution in [1.29, 1.82) is 0 Å². The van der Waals surface area contributed by atoms with Gasteiger partial charge in [-0.3, -0.25) is 4.79 Å². The van der Waals surface area contributed by atoms with Gasteiger partial charge >= 0.3 is 5.92 Å². The summed E-state index contributed by atoms with van der Waals surface area (Å²) in [5.41, 5.74) is -0.263. The molecule has 2 aromatic rings. The largest absolute Gasteiger partial charge is 0.382 e. The Morgan fingerprint density at radius 3 is 2.77 bits per heavy atom. The van der Waals surface area contributed by atoms with Crippen molar-refractivity contribution < 1.29 is 23.4 Å². The highest BCUT2D eigenvalue weighted by molar-refractivity contribution is 5.78. The van der Waals surface area contributed by atoms with Crippen molar-refractivity contribution in [2.75, 3.05) is 19.8 Å². The lowest BCUT2D eigenvalue weighted by molar-refractivity contribution is -0.146. The highest BCUT2D eigenvalue weighted by Crippen LogP contribution is 2.32. The quantitative estimate of drug-likeness (QED) is 0.414. The van der Waals surface area contributed by atoms with E-state index in [1.54, 1.807) is 11.0 Å². The lowest BCUT2D eigenvalue weighted by Gasteiger charge is -2.34. The lowest BCUT2D eigenvalue weighted by atomic mass is 10.0. The fraction of sp³-hybridized carbons (Fsp3) is 0.524. The second-order valence-corrected chi connectivity index (χ2v) is 7.48. The predicted octanol–water partition coefficient (Wildman–Crippen LogP) is 2.24. The summed E-state index contributed by atoms with van der Waals surface area (Å²) in [5.74, 6) is -2.93. The number of aromatic nitrogens is 4. The molecule has 1 fully saturated rings. The molecular weight excluding hydrogens is 408 g/mol. The molecule has 0 bridgehead atoms. The van der Waals surface area contributed by atoms with Crippen LogP contribution >= 0.6 is 0 Å². The number of rotatable bonds is 11. The Hall–Kier alpha value is -2.72. The number of hydrogen-bond donors (Lipinski definition) is 2. The van der Waals surface area contributed by atoms with Gasteiger partial charge in [-0.15, -0.1) is 10.2 Å². The van der Waals surface area contributed by atoms with Gasteiger partial charge in [0.2, 0.25) is 5.91 Å². The summed E-state index contributed by atoms with van der Waals surface area (Å²) >= 11 is 0. The smallest absolute Gasteiger partial charge is 0.302 e. The average Bonchev–Trinajstić information content (AvgIpc) is 3.29. The second-order valence-electron chi connectivity index (χ2n) is 7.48. The van der Waals surface area contributed by atoms with E-state index in [0.29, 0.717) is 12.4 Å². The van der Waals surface area contributed by atoms with Crippen LogP contribution in [0.25, 0.3) is 0 Å². The van der Waals surface area contributed by atoms with E-state index >= 15 is 0 Å². The standard InChI is InChI=1S/C21H27F2N5O3/c22-21(23,16-8-4-3-5-9-16)18(29)12-11-17-14-31-15-20(30)28(17)13-7-2-1-6-10-19-24-26-27-25-19/h3-5,8-9,11-12,17-18,29H,1-2,6-7,10,13-15H2,(H,24,25,26,27)/t17-,18+/m0/s1. The first-order valence-corrected chi connectivity index (χ1v) is 10.4. The van der Waals surface area contributed by atoms with E-state index in [9.17, 15) is 18.7 Å². The Labute approximate surface area is 179 Å². The van der Waals surface area contributed by atoms with Crippen LogP contribution in [0.4, 0.5) is 8.78 Å². The normalized spacial score (nSPS) is 18.6. The Kier molecular flexibility index (Phi) is 8.19. The second kappa shape index (κ2) is 11.1.